The van der Waals surface area contributed by atoms with Crippen LogP contribution in [-0.4, -0.2) is 12.6 Å². The molecule has 0 atom stereocenters. The molecule has 0 amide bonds. The summed E-state index contributed by atoms with van der Waals surface area (Å²) in [7, 11) is 0. The van der Waals surface area contributed by atoms with Gasteiger partial charge < -0.3 is 9.47 Å². The van der Waals surface area contributed by atoms with Crippen molar-refractivity contribution in [2.75, 3.05) is 0 Å². The van der Waals surface area contributed by atoms with Crippen LogP contribution in [0.15, 0.2) is 103 Å². The molecule has 5 nitrogen and oxygen atoms in total. The Labute approximate surface area is 198 Å². The van der Waals surface area contributed by atoms with Gasteiger partial charge >= 0.3 is 0 Å². The van der Waals surface area contributed by atoms with Gasteiger partial charge in [0.2, 0.25) is 0 Å². The highest BCUT2D eigenvalue weighted by atomic mass is 16.5. The molecule has 0 fully saturated rings. The van der Waals surface area contributed by atoms with E-state index in [2.05, 4.69) is 0 Å². The van der Waals surface area contributed by atoms with E-state index in [0.29, 0.717) is 41.4 Å². The molecule has 168 valence electrons. The molecule has 0 unspecified atom stereocenters. The predicted octanol–water partition coefficient (Wildman–Crippen LogP) is 6.03. The molecule has 0 aromatic heterocycles. The number of hydrogen-bond donors (Lipinski definition) is 0. The number of nitrogens with zero attached hydrogens (tertiary/aromatic N) is 1. The lowest BCUT2D eigenvalue weighted by Gasteiger charge is -2.13. The van der Waals surface area contributed by atoms with Crippen molar-refractivity contribution < 1.29 is 19.1 Å². The number of carbonyl (C=O) groups is 2. The van der Waals surface area contributed by atoms with Crippen LogP contribution in [-0.2, 0) is 13.2 Å². The minimum atomic E-state index is 0.421. The first-order chi connectivity index (χ1) is 16.7. The molecule has 5 heteroatoms. The molecule has 0 aliphatic carbocycles. The fourth-order valence-electron chi connectivity index (χ4n) is 2.94. The quantitative estimate of drug-likeness (QED) is 0.307. The van der Waals surface area contributed by atoms with Gasteiger partial charge in [0.25, 0.3) is 0 Å². The van der Waals surface area contributed by atoms with E-state index in [1.807, 2.05) is 66.7 Å². The highest BCUT2D eigenvalue weighted by molar-refractivity contribution is 5.76. The van der Waals surface area contributed by atoms with Crippen LogP contribution < -0.4 is 9.47 Å². The first-order valence-corrected chi connectivity index (χ1v) is 10.6. The summed E-state index contributed by atoms with van der Waals surface area (Å²) in [5.41, 5.74) is 3.86. The summed E-state index contributed by atoms with van der Waals surface area (Å²) in [6, 6.07) is 33.4. The largest absolute Gasteiger partial charge is 0.485 e. The van der Waals surface area contributed by atoms with Gasteiger partial charge in [-0.3, -0.25) is 9.59 Å². The van der Waals surface area contributed by atoms with Crippen molar-refractivity contribution in [3.63, 3.8) is 0 Å². The van der Waals surface area contributed by atoms with Crippen LogP contribution in [0, 0.1) is 11.3 Å². The molecule has 0 N–H and O–H groups in total. The minimum Gasteiger partial charge on any atom is -0.485 e. The van der Waals surface area contributed by atoms with E-state index in [1.54, 1.807) is 42.5 Å². The van der Waals surface area contributed by atoms with Gasteiger partial charge in [0.15, 0.2) is 11.5 Å². The first kappa shape index (κ1) is 24.0. The number of nitriles is 1. The van der Waals surface area contributed by atoms with Gasteiger partial charge in [0.1, 0.15) is 25.8 Å². The van der Waals surface area contributed by atoms with Crippen LogP contribution in [0.25, 0.3) is 0 Å². The minimum absolute atomic E-state index is 0.421. The Morgan fingerprint density at radius 2 is 1.12 bits per heavy atom. The number of aldehydes is 2. The second-order valence-corrected chi connectivity index (χ2v) is 7.22. The van der Waals surface area contributed by atoms with Crippen LogP contribution >= 0.6 is 0 Å². The lowest BCUT2D eigenvalue weighted by Crippen LogP contribution is -2.01. The lowest BCUT2D eigenvalue weighted by molar-refractivity contribution is 0.111. The molecular formula is C29H23NO4. The molecule has 0 saturated heterocycles. The summed E-state index contributed by atoms with van der Waals surface area (Å²) in [6.45, 7) is 0.869. The van der Waals surface area contributed by atoms with Crippen molar-refractivity contribution in [1.29, 1.82) is 5.26 Å². The molecule has 34 heavy (non-hydrogen) atoms. The molecule has 0 saturated carbocycles. The SMILES string of the molecule is N#Cc1ccc(C=O)cc1.O=Cc1ccc(OCc2ccccc2)c(OCc2ccccc2)c1. The molecule has 0 aliphatic heterocycles. The average molecular weight is 450 g/mol. The normalized spacial score (nSPS) is 9.62. The Hall–Kier alpha value is -4.69. The third-order valence-electron chi connectivity index (χ3n) is 4.75. The van der Waals surface area contributed by atoms with Gasteiger partial charge in [-0.1, -0.05) is 72.8 Å². The number of carbonyl (C=O) groups excluding carboxylic acids is 2. The Morgan fingerprint density at radius 1 is 0.618 bits per heavy atom. The number of ether oxygens (including phenoxy) is 2. The van der Waals surface area contributed by atoms with Crippen molar-refractivity contribution in [3.8, 4) is 17.6 Å². The van der Waals surface area contributed by atoms with Crippen LogP contribution in [0.1, 0.15) is 37.4 Å². The first-order valence-electron chi connectivity index (χ1n) is 10.6. The van der Waals surface area contributed by atoms with E-state index in [-0.39, 0.29) is 0 Å². The van der Waals surface area contributed by atoms with Gasteiger partial charge in [-0.05, 0) is 41.5 Å². The van der Waals surface area contributed by atoms with E-state index in [9.17, 15) is 9.59 Å². The van der Waals surface area contributed by atoms with Crippen molar-refractivity contribution in [2.45, 2.75) is 13.2 Å². The van der Waals surface area contributed by atoms with E-state index < -0.39 is 0 Å². The summed E-state index contributed by atoms with van der Waals surface area (Å²) in [4.78, 5) is 21.2. The summed E-state index contributed by atoms with van der Waals surface area (Å²) in [5, 5.41) is 8.36. The molecule has 4 aromatic carbocycles. The number of hydrogen-bond acceptors (Lipinski definition) is 5. The Morgan fingerprint density at radius 3 is 1.62 bits per heavy atom. The van der Waals surface area contributed by atoms with Gasteiger partial charge in [0, 0.05) is 11.1 Å². The second kappa shape index (κ2) is 13.0. The van der Waals surface area contributed by atoms with Crippen molar-refractivity contribution in [2.24, 2.45) is 0 Å². The third-order valence-corrected chi connectivity index (χ3v) is 4.75. The Kier molecular flexibility index (Phi) is 9.16. The summed E-state index contributed by atoms with van der Waals surface area (Å²) in [6.07, 6.45) is 1.55. The molecular weight excluding hydrogens is 426 g/mol. The maximum Gasteiger partial charge on any atom is 0.162 e. The predicted molar refractivity (Wildman–Crippen MR) is 130 cm³/mol. The van der Waals surface area contributed by atoms with E-state index in [1.165, 1.54) is 0 Å². The molecule has 4 aromatic rings. The van der Waals surface area contributed by atoms with Crippen molar-refractivity contribution in [1.82, 2.24) is 0 Å². The topological polar surface area (TPSA) is 76.4 Å². The fourth-order valence-corrected chi connectivity index (χ4v) is 2.94. The standard InChI is InChI=1S/C21H18O3.C8H5NO/c22-14-19-11-12-20(23-15-17-7-3-1-4-8-17)21(13-19)24-16-18-9-5-2-6-10-18;9-5-7-1-3-8(6-10)4-2-7/h1-14H,15-16H2;1-4,6H. The van der Waals surface area contributed by atoms with Crippen LogP contribution in [0.3, 0.4) is 0 Å². The van der Waals surface area contributed by atoms with Crippen LogP contribution in [0.4, 0.5) is 0 Å². The maximum atomic E-state index is 11.0. The zero-order chi connectivity index (χ0) is 24.0. The zero-order valence-corrected chi connectivity index (χ0v) is 18.5. The van der Waals surface area contributed by atoms with Crippen molar-refractivity contribution >= 4 is 12.6 Å². The molecule has 0 bridgehead atoms. The summed E-state index contributed by atoms with van der Waals surface area (Å²) in [5.74, 6) is 1.19. The molecule has 0 heterocycles. The van der Waals surface area contributed by atoms with Gasteiger partial charge in [-0.2, -0.15) is 5.26 Å². The fraction of sp³-hybridized carbons (Fsp3) is 0.0690. The van der Waals surface area contributed by atoms with Gasteiger partial charge in [-0.15, -0.1) is 0 Å². The van der Waals surface area contributed by atoms with Crippen molar-refractivity contribution in [3.05, 3.63) is 131 Å². The maximum absolute atomic E-state index is 11.0. The van der Waals surface area contributed by atoms with Crippen LogP contribution in [0.2, 0.25) is 0 Å². The van der Waals surface area contributed by atoms with Crippen LogP contribution in [0.5, 0.6) is 11.5 Å². The molecule has 0 spiro atoms. The smallest absolute Gasteiger partial charge is 0.162 e. The monoisotopic (exact) mass is 449 g/mol. The van der Waals surface area contributed by atoms with E-state index >= 15 is 0 Å². The molecule has 0 aliphatic rings. The summed E-state index contributed by atoms with van der Waals surface area (Å²) >= 11 is 0. The highest BCUT2D eigenvalue weighted by Crippen LogP contribution is 2.29. The summed E-state index contributed by atoms with van der Waals surface area (Å²) < 4.78 is 11.7. The highest BCUT2D eigenvalue weighted by Gasteiger charge is 2.08. The van der Waals surface area contributed by atoms with Gasteiger partial charge in [-0.25, -0.2) is 0 Å². The number of benzene rings is 4. The molecule has 4 rings (SSSR count). The second-order valence-electron chi connectivity index (χ2n) is 7.22. The van der Waals surface area contributed by atoms with Gasteiger partial charge in [0.05, 0.1) is 11.6 Å². The van der Waals surface area contributed by atoms with E-state index in [0.717, 1.165) is 23.7 Å². The lowest BCUT2D eigenvalue weighted by atomic mass is 10.2. The molecule has 0 radical (unpaired) electrons. The Balaban J connectivity index is 0.000000271. The average Bonchev–Trinajstić information content (AvgIpc) is 2.92. The zero-order valence-electron chi connectivity index (χ0n) is 18.5. The Bertz CT molecular complexity index is 1230. The number of rotatable bonds is 8. The van der Waals surface area contributed by atoms with E-state index in [4.69, 9.17) is 14.7 Å². The third kappa shape index (κ3) is 7.47.